The fourth-order valence-electron chi connectivity index (χ4n) is 3.02. The van der Waals surface area contributed by atoms with Crippen LogP contribution in [0.1, 0.15) is 49.7 Å². The molecule has 0 aromatic carbocycles. The van der Waals surface area contributed by atoms with Crippen LogP contribution in [-0.2, 0) is 17.3 Å². The topological polar surface area (TPSA) is 71.3 Å². The molecule has 6 heteroatoms. The lowest BCUT2D eigenvalue weighted by atomic mass is 9.95. The van der Waals surface area contributed by atoms with Crippen molar-refractivity contribution in [3.63, 3.8) is 0 Å². The Balaban J connectivity index is 1.79. The number of carbonyl (C=O) groups excluding carboxylic acids is 1. The summed E-state index contributed by atoms with van der Waals surface area (Å²) < 4.78 is 17.4. The van der Waals surface area contributed by atoms with Crippen molar-refractivity contribution in [1.82, 2.24) is 10.6 Å². The monoisotopic (exact) mass is 326 g/mol. The molecule has 1 aliphatic rings. The molecule has 1 saturated carbocycles. The highest BCUT2D eigenvalue weighted by Crippen LogP contribution is 2.23. The summed E-state index contributed by atoms with van der Waals surface area (Å²) in [6.07, 6.45) is 3.82. The third-order valence-corrected chi connectivity index (χ3v) is 5.94. The molecule has 0 bridgehead atoms. The summed E-state index contributed by atoms with van der Waals surface area (Å²) in [5.74, 6) is 2.39. The molecule has 2 rings (SSSR count). The predicted molar refractivity (Wildman–Crippen MR) is 88.3 cm³/mol. The summed E-state index contributed by atoms with van der Waals surface area (Å²) in [4.78, 5) is 12.0. The van der Waals surface area contributed by atoms with Gasteiger partial charge < -0.3 is 15.1 Å². The van der Waals surface area contributed by atoms with Gasteiger partial charge in [-0.3, -0.25) is 4.21 Å². The van der Waals surface area contributed by atoms with Gasteiger partial charge in [0, 0.05) is 40.0 Å². The van der Waals surface area contributed by atoms with Gasteiger partial charge in [0.05, 0.1) is 0 Å². The summed E-state index contributed by atoms with van der Waals surface area (Å²) in [6, 6.07) is 1.91. The zero-order chi connectivity index (χ0) is 16.1. The molecule has 22 heavy (non-hydrogen) atoms. The minimum atomic E-state index is -0.767. The van der Waals surface area contributed by atoms with Gasteiger partial charge in [-0.15, -0.1) is 0 Å². The largest absolute Gasteiger partial charge is 0.466 e. The molecule has 0 spiro atoms. The number of hydrogen-bond donors (Lipinski definition) is 2. The van der Waals surface area contributed by atoms with Crippen LogP contribution in [0.3, 0.4) is 0 Å². The van der Waals surface area contributed by atoms with Gasteiger partial charge in [0.25, 0.3) is 0 Å². The smallest absolute Gasteiger partial charge is 0.315 e. The highest BCUT2D eigenvalue weighted by atomic mass is 32.2. The first-order chi connectivity index (χ1) is 10.5. The number of amides is 2. The van der Waals surface area contributed by atoms with E-state index in [1.165, 1.54) is 0 Å². The average molecular weight is 326 g/mol. The third-order valence-electron chi connectivity index (χ3n) is 4.20. The molecule has 0 aliphatic heterocycles. The van der Waals surface area contributed by atoms with Crippen LogP contribution < -0.4 is 10.6 Å². The second-order valence-electron chi connectivity index (χ2n) is 5.92. The molecule has 1 heterocycles. The van der Waals surface area contributed by atoms with E-state index in [1.807, 2.05) is 26.8 Å². The van der Waals surface area contributed by atoms with Gasteiger partial charge >= 0.3 is 6.03 Å². The van der Waals surface area contributed by atoms with Crippen LogP contribution in [-0.4, -0.2) is 27.3 Å². The maximum absolute atomic E-state index is 12.0. The van der Waals surface area contributed by atoms with Crippen molar-refractivity contribution in [1.29, 1.82) is 0 Å². The second-order valence-corrected chi connectivity index (χ2v) is 7.93. The van der Waals surface area contributed by atoms with Crippen molar-refractivity contribution in [2.75, 3.05) is 5.75 Å². The van der Waals surface area contributed by atoms with Gasteiger partial charge in [0.15, 0.2) is 0 Å². The van der Waals surface area contributed by atoms with Gasteiger partial charge in [-0.2, -0.15) is 0 Å². The Bertz CT molecular complexity index is 541. The Morgan fingerprint density at radius 2 is 2.18 bits per heavy atom. The van der Waals surface area contributed by atoms with Gasteiger partial charge in [-0.05, 0) is 39.2 Å². The SMILES string of the molecule is CC[S@@](=O)[C@H]1CCC[C@H](NC(=O)NCc2cc(C)oc2C)C1. The lowest BCUT2D eigenvalue weighted by Crippen LogP contribution is -2.45. The standard InChI is InChI=1S/C16H26N2O3S/c1-4-22(20)15-7-5-6-14(9-15)18-16(19)17-10-13-8-11(2)21-12(13)3/h8,14-15H,4-7,9-10H2,1-3H3,(H2,17,18,19)/t14-,15-,22+/m0/s1. The zero-order valence-corrected chi connectivity index (χ0v) is 14.4. The highest BCUT2D eigenvalue weighted by Gasteiger charge is 2.26. The van der Waals surface area contributed by atoms with E-state index in [2.05, 4.69) is 10.6 Å². The second kappa shape index (κ2) is 7.81. The molecular formula is C16H26N2O3S. The maximum atomic E-state index is 12.0. The number of furan rings is 1. The minimum absolute atomic E-state index is 0.126. The summed E-state index contributed by atoms with van der Waals surface area (Å²) in [5, 5.41) is 6.11. The van der Waals surface area contributed by atoms with Crippen molar-refractivity contribution < 1.29 is 13.4 Å². The van der Waals surface area contributed by atoms with Crippen molar-refractivity contribution in [3.05, 3.63) is 23.2 Å². The molecule has 1 aromatic rings. The van der Waals surface area contributed by atoms with Crippen LogP contribution in [0, 0.1) is 13.8 Å². The van der Waals surface area contributed by atoms with Crippen molar-refractivity contribution in [2.24, 2.45) is 0 Å². The normalized spacial score (nSPS) is 23.0. The van der Waals surface area contributed by atoms with Gasteiger partial charge in [0.2, 0.25) is 0 Å². The van der Waals surface area contributed by atoms with Crippen LogP contribution in [0.2, 0.25) is 0 Å². The Labute approximate surface area is 134 Å². The van der Waals surface area contributed by atoms with E-state index in [9.17, 15) is 9.00 Å². The molecule has 2 N–H and O–H groups in total. The lowest BCUT2D eigenvalue weighted by Gasteiger charge is -2.29. The number of aryl methyl sites for hydroxylation is 2. The molecule has 3 atom stereocenters. The van der Waals surface area contributed by atoms with Gasteiger partial charge in [-0.1, -0.05) is 13.3 Å². The van der Waals surface area contributed by atoms with Gasteiger partial charge in [-0.25, -0.2) is 4.79 Å². The fourth-order valence-corrected chi connectivity index (χ4v) is 4.37. The number of hydrogen-bond acceptors (Lipinski definition) is 3. The zero-order valence-electron chi connectivity index (χ0n) is 13.6. The molecule has 1 fully saturated rings. The quantitative estimate of drug-likeness (QED) is 0.874. The van der Waals surface area contributed by atoms with Crippen LogP contribution in [0.25, 0.3) is 0 Å². The third kappa shape index (κ3) is 4.60. The molecule has 0 unspecified atom stereocenters. The Kier molecular flexibility index (Phi) is 6.06. The lowest BCUT2D eigenvalue weighted by molar-refractivity contribution is 0.232. The first kappa shape index (κ1) is 17.1. The minimum Gasteiger partial charge on any atom is -0.466 e. The van der Waals surface area contributed by atoms with E-state index in [0.717, 1.165) is 42.8 Å². The summed E-state index contributed by atoms with van der Waals surface area (Å²) in [5.41, 5.74) is 1.00. The van der Waals surface area contributed by atoms with E-state index in [-0.39, 0.29) is 17.3 Å². The molecule has 1 aliphatic carbocycles. The molecule has 2 amide bonds. The van der Waals surface area contributed by atoms with Crippen LogP contribution >= 0.6 is 0 Å². The number of urea groups is 1. The average Bonchev–Trinajstić information content (AvgIpc) is 2.82. The van der Waals surface area contributed by atoms with E-state index < -0.39 is 10.8 Å². The van der Waals surface area contributed by atoms with E-state index in [4.69, 9.17) is 4.42 Å². The molecule has 124 valence electrons. The summed E-state index contributed by atoms with van der Waals surface area (Å²) in [7, 11) is -0.767. The Hall–Kier alpha value is -1.30. The molecule has 0 radical (unpaired) electrons. The van der Waals surface area contributed by atoms with Crippen LogP contribution in [0.15, 0.2) is 10.5 Å². The molecule has 5 nitrogen and oxygen atoms in total. The van der Waals surface area contributed by atoms with Crippen molar-refractivity contribution >= 4 is 16.8 Å². The van der Waals surface area contributed by atoms with E-state index in [0.29, 0.717) is 12.3 Å². The first-order valence-electron chi connectivity index (χ1n) is 7.97. The summed E-state index contributed by atoms with van der Waals surface area (Å²) in [6.45, 7) is 6.21. The fraction of sp³-hybridized carbons (Fsp3) is 0.688. The predicted octanol–water partition coefficient (Wildman–Crippen LogP) is 2.78. The maximum Gasteiger partial charge on any atom is 0.315 e. The molecule has 1 aromatic heterocycles. The highest BCUT2D eigenvalue weighted by molar-refractivity contribution is 7.85. The first-order valence-corrected chi connectivity index (χ1v) is 9.35. The summed E-state index contributed by atoms with van der Waals surface area (Å²) >= 11 is 0. The number of nitrogens with one attached hydrogen (secondary N) is 2. The van der Waals surface area contributed by atoms with E-state index in [1.54, 1.807) is 0 Å². The van der Waals surface area contributed by atoms with Crippen molar-refractivity contribution in [2.45, 2.75) is 64.3 Å². The van der Waals surface area contributed by atoms with Crippen LogP contribution in [0.5, 0.6) is 0 Å². The van der Waals surface area contributed by atoms with Crippen LogP contribution in [0.4, 0.5) is 4.79 Å². The van der Waals surface area contributed by atoms with E-state index >= 15 is 0 Å². The Morgan fingerprint density at radius 3 is 2.82 bits per heavy atom. The number of carbonyl (C=O) groups is 1. The Morgan fingerprint density at radius 1 is 1.41 bits per heavy atom. The van der Waals surface area contributed by atoms with Crippen molar-refractivity contribution in [3.8, 4) is 0 Å². The number of rotatable bonds is 5. The molecular weight excluding hydrogens is 300 g/mol. The van der Waals surface area contributed by atoms with Gasteiger partial charge in [0.1, 0.15) is 11.5 Å². The molecule has 0 saturated heterocycles.